The summed E-state index contributed by atoms with van der Waals surface area (Å²) < 4.78 is 43.9. The van der Waals surface area contributed by atoms with E-state index in [-0.39, 0.29) is 5.41 Å². The summed E-state index contributed by atoms with van der Waals surface area (Å²) in [5.41, 5.74) is 3.03. The Balaban J connectivity index is 1.14. The molecule has 1 spiro atoms. The SMILES string of the molecule is CC(Oc1ccc2[nH]nc(-c3ccc(N4CC5(CN(CC(F)(F)F)C5)C4)nc3)c2c1)c1c(Cl)cncc1Cl. The van der Waals surface area contributed by atoms with Crippen LogP contribution >= 0.6 is 23.2 Å². The molecule has 0 amide bonds. The van der Waals surface area contributed by atoms with Gasteiger partial charge < -0.3 is 9.64 Å². The van der Waals surface area contributed by atoms with E-state index in [1.807, 2.05) is 37.3 Å². The first-order valence-electron chi connectivity index (χ1n) is 12.0. The van der Waals surface area contributed by atoms with Gasteiger partial charge in [0.15, 0.2) is 0 Å². The number of aromatic amines is 1. The smallest absolute Gasteiger partial charge is 0.401 e. The number of H-pyrrole nitrogens is 1. The molecule has 4 aromatic rings. The van der Waals surface area contributed by atoms with E-state index in [0.29, 0.717) is 47.5 Å². The molecule has 1 N–H and O–H groups in total. The highest BCUT2D eigenvalue weighted by atomic mass is 35.5. The average Bonchev–Trinajstić information content (AvgIpc) is 3.22. The van der Waals surface area contributed by atoms with Gasteiger partial charge in [0.1, 0.15) is 23.4 Å². The largest absolute Gasteiger partial charge is 0.486 e. The summed E-state index contributed by atoms with van der Waals surface area (Å²) in [6.45, 7) is 3.41. The molecule has 6 rings (SSSR count). The van der Waals surface area contributed by atoms with Crippen LogP contribution in [0.4, 0.5) is 19.0 Å². The fraction of sp³-hybridized carbons (Fsp3) is 0.346. The normalized spacial score (nSPS) is 17.9. The number of pyridine rings is 2. The lowest BCUT2D eigenvalue weighted by Crippen LogP contribution is -2.73. The number of rotatable bonds is 6. The molecule has 1 atom stereocenters. The highest BCUT2D eigenvalue weighted by Gasteiger charge is 2.53. The van der Waals surface area contributed by atoms with E-state index < -0.39 is 18.8 Å². The summed E-state index contributed by atoms with van der Waals surface area (Å²) in [4.78, 5) is 12.1. The molecule has 1 unspecified atom stereocenters. The van der Waals surface area contributed by atoms with Gasteiger partial charge in [-0.05, 0) is 37.3 Å². The third-order valence-electron chi connectivity index (χ3n) is 7.06. The molecule has 5 heterocycles. The lowest BCUT2D eigenvalue weighted by Gasteiger charge is -2.60. The van der Waals surface area contributed by atoms with Crippen LogP contribution in [0.3, 0.4) is 0 Å². The average molecular weight is 563 g/mol. The number of anilines is 1. The first-order valence-corrected chi connectivity index (χ1v) is 12.8. The van der Waals surface area contributed by atoms with Crippen LogP contribution in [0.5, 0.6) is 5.75 Å². The highest BCUT2D eigenvalue weighted by Crippen LogP contribution is 2.42. The first-order chi connectivity index (χ1) is 18.1. The number of nitrogens with one attached hydrogen (secondary N) is 1. The second kappa shape index (κ2) is 9.29. The molecule has 38 heavy (non-hydrogen) atoms. The third kappa shape index (κ3) is 4.76. The first kappa shape index (κ1) is 25.2. The van der Waals surface area contributed by atoms with E-state index in [9.17, 15) is 13.2 Å². The van der Waals surface area contributed by atoms with Crippen molar-refractivity contribution >= 4 is 39.9 Å². The molecule has 3 aromatic heterocycles. The monoisotopic (exact) mass is 562 g/mol. The van der Waals surface area contributed by atoms with Crippen LogP contribution in [-0.2, 0) is 0 Å². The van der Waals surface area contributed by atoms with Crippen molar-refractivity contribution < 1.29 is 17.9 Å². The number of nitrogens with zero attached hydrogens (tertiary/aromatic N) is 5. The molecule has 7 nitrogen and oxygen atoms in total. The Morgan fingerprint density at radius 2 is 1.79 bits per heavy atom. The second-order valence-electron chi connectivity index (χ2n) is 10.1. The molecular formula is C26H23Cl2F3N6O. The Hall–Kier alpha value is -3.08. The van der Waals surface area contributed by atoms with E-state index in [1.165, 1.54) is 17.3 Å². The lowest BCUT2D eigenvalue weighted by atomic mass is 9.73. The van der Waals surface area contributed by atoms with Crippen LogP contribution in [0.2, 0.25) is 10.0 Å². The Morgan fingerprint density at radius 3 is 2.45 bits per heavy atom. The maximum atomic E-state index is 12.6. The minimum absolute atomic E-state index is 0.0533. The van der Waals surface area contributed by atoms with E-state index in [0.717, 1.165) is 28.0 Å². The fourth-order valence-electron chi connectivity index (χ4n) is 5.47. The van der Waals surface area contributed by atoms with Gasteiger partial charge in [-0.25, -0.2) is 4.98 Å². The Labute approximate surface area is 226 Å². The number of fused-ring (bicyclic) bond motifs is 1. The maximum absolute atomic E-state index is 12.6. The standard InChI is InChI=1S/C26H23Cl2F3N6O/c1-15(23-19(27)8-32-9-20(23)28)38-17-3-4-21-18(6-17)24(35-34-21)16-2-5-22(33-7-16)37-12-25(13-37)10-36(11-25)14-26(29,30)31/h2-9,15H,10-14H2,1H3,(H,34,35). The van der Waals surface area contributed by atoms with Crippen molar-refractivity contribution in [3.05, 3.63) is 64.5 Å². The number of alkyl halides is 3. The molecule has 0 bridgehead atoms. The number of ether oxygens (including phenoxy) is 1. The van der Waals surface area contributed by atoms with E-state index in [2.05, 4.69) is 25.1 Å². The summed E-state index contributed by atoms with van der Waals surface area (Å²) in [7, 11) is 0. The van der Waals surface area contributed by atoms with Crippen LogP contribution in [0.15, 0.2) is 48.9 Å². The highest BCUT2D eigenvalue weighted by molar-refractivity contribution is 6.35. The van der Waals surface area contributed by atoms with Crippen LogP contribution in [0.1, 0.15) is 18.6 Å². The van der Waals surface area contributed by atoms with Crippen LogP contribution < -0.4 is 9.64 Å². The molecule has 0 saturated carbocycles. The van der Waals surface area contributed by atoms with Gasteiger partial charge in [-0.2, -0.15) is 18.3 Å². The number of hydrogen-bond donors (Lipinski definition) is 1. The van der Waals surface area contributed by atoms with Crippen molar-refractivity contribution in [1.29, 1.82) is 0 Å². The fourth-order valence-corrected chi connectivity index (χ4v) is 6.14. The van der Waals surface area contributed by atoms with Gasteiger partial charge in [-0.1, -0.05) is 23.2 Å². The number of halogens is 5. The molecule has 12 heteroatoms. The maximum Gasteiger partial charge on any atom is 0.401 e. The molecular weight excluding hydrogens is 540 g/mol. The van der Waals surface area contributed by atoms with Crippen molar-refractivity contribution in [2.24, 2.45) is 5.41 Å². The van der Waals surface area contributed by atoms with Crippen LogP contribution in [0, 0.1) is 5.41 Å². The predicted molar refractivity (Wildman–Crippen MR) is 140 cm³/mol. The van der Waals surface area contributed by atoms with Gasteiger partial charge in [-0.3, -0.25) is 15.0 Å². The van der Waals surface area contributed by atoms with Gasteiger partial charge >= 0.3 is 6.18 Å². The third-order valence-corrected chi connectivity index (χ3v) is 7.67. The topological polar surface area (TPSA) is 70.2 Å². The van der Waals surface area contributed by atoms with Crippen LogP contribution in [0.25, 0.3) is 22.2 Å². The quantitative estimate of drug-likeness (QED) is 0.304. The molecule has 0 aliphatic carbocycles. The molecule has 2 aliphatic heterocycles. The number of aromatic nitrogens is 4. The molecule has 198 valence electrons. The van der Waals surface area contributed by atoms with Gasteiger partial charge in [0, 0.05) is 66.7 Å². The molecule has 1 aromatic carbocycles. The summed E-state index contributed by atoms with van der Waals surface area (Å²) in [5, 5.41) is 9.27. The van der Waals surface area contributed by atoms with Crippen molar-refractivity contribution in [3.63, 3.8) is 0 Å². The summed E-state index contributed by atoms with van der Waals surface area (Å²) in [5.74, 6) is 1.43. The second-order valence-corrected chi connectivity index (χ2v) is 10.9. The van der Waals surface area contributed by atoms with E-state index >= 15 is 0 Å². The van der Waals surface area contributed by atoms with Gasteiger partial charge in [-0.15, -0.1) is 0 Å². The van der Waals surface area contributed by atoms with Crippen molar-refractivity contribution in [2.45, 2.75) is 19.2 Å². The number of hydrogen-bond acceptors (Lipinski definition) is 6. The van der Waals surface area contributed by atoms with E-state index in [4.69, 9.17) is 27.9 Å². The summed E-state index contributed by atoms with van der Waals surface area (Å²) in [6.07, 6.45) is 0.282. The van der Waals surface area contributed by atoms with Gasteiger partial charge in [0.25, 0.3) is 0 Å². The molecule has 2 aliphatic rings. The minimum atomic E-state index is -4.15. The molecule has 0 radical (unpaired) electrons. The number of likely N-dealkylation sites (tertiary alicyclic amines) is 1. The Bertz CT molecular complexity index is 1460. The summed E-state index contributed by atoms with van der Waals surface area (Å²) in [6, 6.07) is 9.52. The zero-order valence-corrected chi connectivity index (χ0v) is 21.8. The van der Waals surface area contributed by atoms with Crippen LogP contribution in [-0.4, -0.2) is 64.0 Å². The van der Waals surface area contributed by atoms with Gasteiger partial charge in [0.05, 0.1) is 22.1 Å². The number of benzene rings is 1. The van der Waals surface area contributed by atoms with Crippen molar-refractivity contribution in [1.82, 2.24) is 25.1 Å². The van der Waals surface area contributed by atoms with Crippen molar-refractivity contribution in [3.8, 4) is 17.0 Å². The Morgan fingerprint density at radius 1 is 1.05 bits per heavy atom. The van der Waals surface area contributed by atoms with Gasteiger partial charge in [0.2, 0.25) is 0 Å². The lowest BCUT2D eigenvalue weighted by molar-refractivity contribution is -0.172. The predicted octanol–water partition coefficient (Wildman–Crippen LogP) is 6.15. The summed E-state index contributed by atoms with van der Waals surface area (Å²) >= 11 is 12.6. The van der Waals surface area contributed by atoms with Crippen molar-refractivity contribution in [2.75, 3.05) is 37.6 Å². The Kier molecular flexibility index (Phi) is 6.16. The minimum Gasteiger partial charge on any atom is -0.486 e. The van der Waals surface area contributed by atoms with E-state index in [1.54, 1.807) is 6.20 Å². The molecule has 2 saturated heterocycles. The zero-order chi connectivity index (χ0) is 26.7. The molecule has 2 fully saturated rings. The zero-order valence-electron chi connectivity index (χ0n) is 20.3.